The van der Waals surface area contributed by atoms with Crippen LogP contribution in [0, 0.1) is 5.92 Å². The van der Waals surface area contributed by atoms with Crippen LogP contribution in [0.3, 0.4) is 0 Å². The molecule has 0 spiro atoms. The van der Waals surface area contributed by atoms with E-state index in [-0.39, 0.29) is 18.6 Å². The number of halogens is 3. The third-order valence-corrected chi connectivity index (χ3v) is 3.21. The number of aliphatic hydroxyl groups excluding tert-OH is 1. The van der Waals surface area contributed by atoms with Gasteiger partial charge in [-0.3, -0.25) is 4.79 Å². The van der Waals surface area contributed by atoms with Gasteiger partial charge in [0.2, 0.25) is 5.91 Å². The van der Waals surface area contributed by atoms with Crippen LogP contribution in [0.5, 0.6) is 0 Å². The smallest absolute Gasteiger partial charge is 0.396 e. The van der Waals surface area contributed by atoms with Crippen LogP contribution >= 0.6 is 0 Å². The molecular formula is C11H19F3N2O2. The van der Waals surface area contributed by atoms with E-state index in [1.807, 2.05) is 5.32 Å². The molecular weight excluding hydrogens is 249 g/mol. The monoisotopic (exact) mass is 268 g/mol. The number of rotatable bonds is 5. The predicted octanol–water partition coefficient (Wildman–Crippen LogP) is 0.804. The van der Waals surface area contributed by atoms with Crippen LogP contribution in [0.4, 0.5) is 13.2 Å². The van der Waals surface area contributed by atoms with Crippen LogP contribution in [-0.4, -0.2) is 42.4 Å². The molecule has 0 heterocycles. The van der Waals surface area contributed by atoms with E-state index in [4.69, 9.17) is 5.11 Å². The molecule has 0 aliphatic heterocycles. The van der Waals surface area contributed by atoms with E-state index < -0.39 is 24.7 Å². The molecule has 0 aromatic heterocycles. The van der Waals surface area contributed by atoms with Crippen molar-refractivity contribution in [2.75, 3.05) is 13.2 Å². The Bertz CT molecular complexity index is 284. The van der Waals surface area contributed by atoms with Crippen molar-refractivity contribution in [3.63, 3.8) is 0 Å². The van der Waals surface area contributed by atoms with Gasteiger partial charge in [-0.2, -0.15) is 13.2 Å². The van der Waals surface area contributed by atoms with Gasteiger partial charge in [0.15, 0.2) is 0 Å². The van der Waals surface area contributed by atoms with Crippen molar-refractivity contribution in [1.29, 1.82) is 0 Å². The third kappa shape index (κ3) is 4.81. The van der Waals surface area contributed by atoms with Crippen LogP contribution in [0.2, 0.25) is 0 Å². The van der Waals surface area contributed by atoms with Crippen molar-refractivity contribution < 1.29 is 23.1 Å². The Labute approximate surface area is 104 Å². The first-order valence-corrected chi connectivity index (χ1v) is 6.05. The molecule has 1 aliphatic carbocycles. The summed E-state index contributed by atoms with van der Waals surface area (Å²) in [5.74, 6) is -0.584. The van der Waals surface area contributed by atoms with Gasteiger partial charge in [-0.05, 0) is 25.7 Å². The molecule has 3 N–H and O–H groups in total. The van der Waals surface area contributed by atoms with Crippen LogP contribution in [0.15, 0.2) is 0 Å². The topological polar surface area (TPSA) is 61.4 Å². The second-order valence-electron chi connectivity index (χ2n) is 4.70. The van der Waals surface area contributed by atoms with Gasteiger partial charge in [0.1, 0.15) is 6.54 Å². The number of alkyl halides is 3. The quantitative estimate of drug-likeness (QED) is 0.691. The first-order chi connectivity index (χ1) is 8.33. The lowest BCUT2D eigenvalue weighted by Gasteiger charge is -2.23. The molecule has 1 amide bonds. The maximum absolute atomic E-state index is 11.9. The molecule has 4 nitrogen and oxygen atoms in total. The summed E-state index contributed by atoms with van der Waals surface area (Å²) >= 11 is 0. The fraction of sp³-hybridized carbons (Fsp3) is 0.909. The number of hydrogen-bond acceptors (Lipinski definition) is 3. The molecule has 0 saturated heterocycles. The van der Waals surface area contributed by atoms with Gasteiger partial charge in [-0.25, -0.2) is 0 Å². The van der Waals surface area contributed by atoms with E-state index in [1.165, 1.54) is 6.92 Å². The molecule has 18 heavy (non-hydrogen) atoms. The molecule has 1 aliphatic rings. The summed E-state index contributed by atoms with van der Waals surface area (Å²) in [5.41, 5.74) is 0. The Morgan fingerprint density at radius 2 is 2.11 bits per heavy atom. The van der Waals surface area contributed by atoms with Crippen LogP contribution in [-0.2, 0) is 4.79 Å². The maximum atomic E-state index is 11.9. The molecule has 106 valence electrons. The molecule has 1 saturated carbocycles. The number of nitrogens with one attached hydrogen (secondary N) is 2. The third-order valence-electron chi connectivity index (χ3n) is 3.21. The summed E-state index contributed by atoms with van der Waals surface area (Å²) in [4.78, 5) is 11.4. The highest BCUT2D eigenvalue weighted by Gasteiger charge is 2.31. The van der Waals surface area contributed by atoms with Gasteiger partial charge in [0.05, 0.1) is 6.04 Å². The Hall–Kier alpha value is -0.820. The van der Waals surface area contributed by atoms with Crippen LogP contribution in [0.1, 0.15) is 26.2 Å². The van der Waals surface area contributed by atoms with E-state index in [1.54, 1.807) is 0 Å². The first kappa shape index (κ1) is 15.2. The van der Waals surface area contributed by atoms with Crippen molar-refractivity contribution in [3.8, 4) is 0 Å². The standard InChI is InChI=1S/C11H19F3N2O2/c1-7(10(18)15-6-11(12,13)14)16-9-4-2-3-8(9)5-17/h7-9,16-17H,2-6H2,1H3,(H,15,18). The lowest BCUT2D eigenvalue weighted by molar-refractivity contribution is -0.139. The number of hydrogen-bond donors (Lipinski definition) is 3. The molecule has 7 heteroatoms. The van der Waals surface area contributed by atoms with Crippen LogP contribution < -0.4 is 10.6 Å². The van der Waals surface area contributed by atoms with Gasteiger partial charge in [-0.15, -0.1) is 0 Å². The fourth-order valence-corrected chi connectivity index (χ4v) is 2.21. The zero-order valence-electron chi connectivity index (χ0n) is 10.3. The number of carbonyl (C=O) groups is 1. The highest BCUT2D eigenvalue weighted by Crippen LogP contribution is 2.25. The zero-order chi connectivity index (χ0) is 13.8. The van der Waals surface area contributed by atoms with Crippen LogP contribution in [0.25, 0.3) is 0 Å². The molecule has 0 radical (unpaired) electrons. The number of amides is 1. The molecule has 3 atom stereocenters. The summed E-state index contributed by atoms with van der Waals surface area (Å²) in [7, 11) is 0. The Balaban J connectivity index is 2.35. The van der Waals surface area contributed by atoms with Crippen molar-refractivity contribution >= 4 is 5.91 Å². The van der Waals surface area contributed by atoms with E-state index in [2.05, 4.69) is 5.32 Å². The molecule has 0 aromatic rings. The van der Waals surface area contributed by atoms with E-state index in [9.17, 15) is 18.0 Å². The maximum Gasteiger partial charge on any atom is 0.405 e. The van der Waals surface area contributed by atoms with E-state index >= 15 is 0 Å². The minimum absolute atomic E-state index is 0.00152. The summed E-state index contributed by atoms with van der Waals surface area (Å²) < 4.78 is 35.8. The lowest BCUT2D eigenvalue weighted by atomic mass is 10.0. The molecule has 1 rings (SSSR count). The van der Waals surface area contributed by atoms with Crippen molar-refractivity contribution in [2.24, 2.45) is 5.92 Å². The fourth-order valence-electron chi connectivity index (χ4n) is 2.21. The molecule has 1 fully saturated rings. The largest absolute Gasteiger partial charge is 0.405 e. The minimum atomic E-state index is -4.39. The second kappa shape index (κ2) is 6.38. The molecule has 3 unspecified atom stereocenters. The normalized spacial score (nSPS) is 26.1. The Morgan fingerprint density at radius 3 is 2.67 bits per heavy atom. The molecule has 0 bridgehead atoms. The summed E-state index contributed by atoms with van der Waals surface area (Å²) in [6, 6.07) is -0.689. The van der Waals surface area contributed by atoms with Gasteiger partial charge in [0, 0.05) is 12.6 Å². The molecule has 0 aromatic carbocycles. The van der Waals surface area contributed by atoms with Crippen molar-refractivity contribution in [1.82, 2.24) is 10.6 Å². The zero-order valence-corrected chi connectivity index (χ0v) is 10.3. The average molecular weight is 268 g/mol. The Morgan fingerprint density at radius 1 is 1.44 bits per heavy atom. The minimum Gasteiger partial charge on any atom is -0.396 e. The summed E-state index contributed by atoms with van der Waals surface area (Å²) in [6.45, 7) is 0.249. The highest BCUT2D eigenvalue weighted by molar-refractivity contribution is 5.81. The number of carbonyl (C=O) groups excluding carboxylic acids is 1. The van der Waals surface area contributed by atoms with Gasteiger partial charge < -0.3 is 15.7 Å². The van der Waals surface area contributed by atoms with E-state index in [0.29, 0.717) is 0 Å². The van der Waals surface area contributed by atoms with E-state index in [0.717, 1.165) is 19.3 Å². The van der Waals surface area contributed by atoms with Gasteiger partial charge in [-0.1, -0.05) is 6.42 Å². The average Bonchev–Trinajstić information content (AvgIpc) is 2.72. The summed E-state index contributed by atoms with van der Waals surface area (Å²) in [6.07, 6.45) is -1.72. The SMILES string of the molecule is CC(NC1CCCC1CO)C(=O)NCC(F)(F)F. The second-order valence-corrected chi connectivity index (χ2v) is 4.70. The lowest BCUT2D eigenvalue weighted by Crippen LogP contribution is -2.49. The van der Waals surface area contributed by atoms with Gasteiger partial charge >= 0.3 is 6.18 Å². The highest BCUT2D eigenvalue weighted by atomic mass is 19.4. The first-order valence-electron chi connectivity index (χ1n) is 6.05. The Kier molecular flexibility index (Phi) is 5.40. The summed E-state index contributed by atoms with van der Waals surface area (Å²) in [5, 5.41) is 13.9. The van der Waals surface area contributed by atoms with Crippen molar-refractivity contribution in [3.05, 3.63) is 0 Å². The predicted molar refractivity (Wildman–Crippen MR) is 59.9 cm³/mol. The number of aliphatic hydroxyl groups is 1. The van der Waals surface area contributed by atoms with Crippen molar-refractivity contribution in [2.45, 2.75) is 44.4 Å². The van der Waals surface area contributed by atoms with Gasteiger partial charge in [0.25, 0.3) is 0 Å².